The third-order valence-electron chi connectivity index (χ3n) is 3.87. The van der Waals surface area contributed by atoms with E-state index in [0.29, 0.717) is 6.61 Å². The Morgan fingerprint density at radius 3 is 2.10 bits per heavy atom. The van der Waals surface area contributed by atoms with Crippen molar-refractivity contribution in [3.05, 3.63) is 59.2 Å². The molecule has 21 heavy (non-hydrogen) atoms. The lowest BCUT2D eigenvalue weighted by atomic mass is 9.92. The Hall–Kier alpha value is -2.09. The Morgan fingerprint density at radius 1 is 0.905 bits per heavy atom. The van der Waals surface area contributed by atoms with Gasteiger partial charge in [-0.2, -0.15) is 0 Å². The van der Waals surface area contributed by atoms with Gasteiger partial charge in [0.2, 0.25) is 5.90 Å². The molecule has 2 aromatic carbocycles. The van der Waals surface area contributed by atoms with Gasteiger partial charge in [-0.3, -0.25) is 0 Å². The lowest BCUT2D eigenvalue weighted by Crippen LogP contribution is -2.17. The third-order valence-corrected chi connectivity index (χ3v) is 3.87. The highest BCUT2D eigenvalue weighted by atomic mass is 16.5. The van der Waals surface area contributed by atoms with Crippen LogP contribution in [0.1, 0.15) is 30.5 Å². The van der Waals surface area contributed by atoms with E-state index in [1.165, 1.54) is 22.3 Å². The van der Waals surface area contributed by atoms with E-state index in [-0.39, 0.29) is 5.54 Å². The van der Waals surface area contributed by atoms with Gasteiger partial charge in [0.05, 0.1) is 5.54 Å². The first-order valence-corrected chi connectivity index (χ1v) is 7.36. The van der Waals surface area contributed by atoms with Crippen molar-refractivity contribution < 1.29 is 4.74 Å². The van der Waals surface area contributed by atoms with Gasteiger partial charge in [0.15, 0.2) is 0 Å². The molecule has 0 spiro atoms. The van der Waals surface area contributed by atoms with Gasteiger partial charge in [0.1, 0.15) is 6.61 Å². The van der Waals surface area contributed by atoms with Crippen LogP contribution in [0.2, 0.25) is 0 Å². The maximum atomic E-state index is 5.85. The summed E-state index contributed by atoms with van der Waals surface area (Å²) in [5.74, 6) is 0.762. The number of aryl methyl sites for hydroxylation is 2. The number of hydrogen-bond donors (Lipinski definition) is 0. The average molecular weight is 279 g/mol. The zero-order chi connectivity index (χ0) is 15.0. The van der Waals surface area contributed by atoms with Crippen LogP contribution >= 0.6 is 0 Å². The number of hydrogen-bond acceptors (Lipinski definition) is 2. The van der Waals surface area contributed by atoms with Crippen molar-refractivity contribution in [2.75, 3.05) is 6.61 Å². The molecule has 2 nitrogen and oxygen atoms in total. The summed E-state index contributed by atoms with van der Waals surface area (Å²) in [5, 5.41) is 0. The molecule has 2 aromatic rings. The van der Waals surface area contributed by atoms with E-state index >= 15 is 0 Å². The second kappa shape index (κ2) is 5.03. The van der Waals surface area contributed by atoms with Crippen LogP contribution in [0.25, 0.3) is 11.1 Å². The van der Waals surface area contributed by atoms with Crippen molar-refractivity contribution >= 4 is 5.90 Å². The van der Waals surface area contributed by atoms with Gasteiger partial charge in [-0.25, -0.2) is 4.99 Å². The number of rotatable bonds is 2. The third kappa shape index (κ3) is 2.58. The van der Waals surface area contributed by atoms with Gasteiger partial charge in [0, 0.05) is 5.56 Å². The van der Waals surface area contributed by atoms with Crippen LogP contribution in [0, 0.1) is 13.8 Å². The molecular formula is C19H21NO. The molecule has 1 aliphatic heterocycles. The first-order chi connectivity index (χ1) is 9.98. The predicted octanol–water partition coefficient (Wildman–Crippen LogP) is 4.53. The summed E-state index contributed by atoms with van der Waals surface area (Å²) in [6, 6.07) is 14.8. The Labute approximate surface area is 126 Å². The average Bonchev–Trinajstić information content (AvgIpc) is 2.79. The smallest absolute Gasteiger partial charge is 0.217 e. The maximum absolute atomic E-state index is 5.85. The summed E-state index contributed by atoms with van der Waals surface area (Å²) in [4.78, 5) is 4.73. The largest absolute Gasteiger partial charge is 0.475 e. The van der Waals surface area contributed by atoms with Crippen LogP contribution in [0.5, 0.6) is 0 Å². The SMILES string of the molecule is Cc1cccc(C)c1-c1ccccc1C1=NC(C)(C)CO1. The first kappa shape index (κ1) is 13.9. The molecular weight excluding hydrogens is 258 g/mol. The van der Waals surface area contributed by atoms with Crippen LogP contribution in [-0.4, -0.2) is 18.0 Å². The predicted molar refractivity (Wildman–Crippen MR) is 87.9 cm³/mol. The molecule has 0 radical (unpaired) electrons. The lowest BCUT2D eigenvalue weighted by molar-refractivity contribution is 0.279. The maximum Gasteiger partial charge on any atom is 0.217 e. The van der Waals surface area contributed by atoms with Gasteiger partial charge in [-0.1, -0.05) is 36.4 Å². The molecule has 0 N–H and O–H groups in total. The van der Waals surface area contributed by atoms with Crippen LogP contribution in [0.3, 0.4) is 0 Å². The molecule has 1 heterocycles. The molecule has 108 valence electrons. The minimum atomic E-state index is -0.136. The van der Waals surface area contributed by atoms with E-state index in [9.17, 15) is 0 Å². The zero-order valence-corrected chi connectivity index (χ0v) is 13.1. The highest BCUT2D eigenvalue weighted by Crippen LogP contribution is 2.32. The van der Waals surface area contributed by atoms with Crippen molar-refractivity contribution in [1.82, 2.24) is 0 Å². The van der Waals surface area contributed by atoms with E-state index in [1.807, 2.05) is 6.07 Å². The quantitative estimate of drug-likeness (QED) is 0.791. The van der Waals surface area contributed by atoms with Crippen molar-refractivity contribution in [3.63, 3.8) is 0 Å². The normalized spacial score (nSPS) is 16.5. The highest BCUT2D eigenvalue weighted by Gasteiger charge is 2.28. The van der Waals surface area contributed by atoms with Crippen LogP contribution in [0.15, 0.2) is 47.5 Å². The number of benzene rings is 2. The highest BCUT2D eigenvalue weighted by molar-refractivity contribution is 6.02. The molecule has 0 unspecified atom stereocenters. The fraction of sp³-hybridized carbons (Fsp3) is 0.316. The van der Waals surface area contributed by atoms with Crippen molar-refractivity contribution in [2.45, 2.75) is 33.2 Å². The molecule has 0 aliphatic carbocycles. The molecule has 1 aliphatic rings. The van der Waals surface area contributed by atoms with Crippen molar-refractivity contribution in [2.24, 2.45) is 4.99 Å². The fourth-order valence-corrected chi connectivity index (χ4v) is 2.85. The lowest BCUT2D eigenvalue weighted by Gasteiger charge is -2.14. The fourth-order valence-electron chi connectivity index (χ4n) is 2.85. The van der Waals surface area contributed by atoms with E-state index in [1.54, 1.807) is 0 Å². The summed E-state index contributed by atoms with van der Waals surface area (Å²) in [6.07, 6.45) is 0. The van der Waals surface area contributed by atoms with E-state index in [4.69, 9.17) is 9.73 Å². The summed E-state index contributed by atoms with van der Waals surface area (Å²) in [6.45, 7) is 9.15. The Bertz CT molecular complexity index is 693. The van der Waals surface area contributed by atoms with Gasteiger partial charge in [-0.05, 0) is 56.0 Å². The molecule has 0 aromatic heterocycles. The molecule has 0 bridgehead atoms. The second-order valence-corrected chi connectivity index (χ2v) is 6.33. The Balaban J connectivity index is 2.18. The molecule has 2 heteroatoms. The second-order valence-electron chi connectivity index (χ2n) is 6.33. The van der Waals surface area contributed by atoms with Crippen molar-refractivity contribution in [3.8, 4) is 11.1 Å². The van der Waals surface area contributed by atoms with Gasteiger partial charge >= 0.3 is 0 Å². The Morgan fingerprint density at radius 2 is 1.52 bits per heavy atom. The monoisotopic (exact) mass is 279 g/mol. The van der Waals surface area contributed by atoms with Crippen LogP contribution in [-0.2, 0) is 4.74 Å². The topological polar surface area (TPSA) is 21.6 Å². The molecule has 0 saturated carbocycles. The minimum Gasteiger partial charge on any atom is -0.475 e. The number of nitrogens with zero attached hydrogens (tertiary/aromatic N) is 1. The number of ether oxygens (including phenoxy) is 1. The zero-order valence-electron chi connectivity index (χ0n) is 13.1. The van der Waals surface area contributed by atoms with E-state index in [0.717, 1.165) is 11.5 Å². The van der Waals surface area contributed by atoms with Crippen LogP contribution in [0.4, 0.5) is 0 Å². The molecule has 0 atom stereocenters. The summed E-state index contributed by atoms with van der Waals surface area (Å²) in [7, 11) is 0. The van der Waals surface area contributed by atoms with Gasteiger partial charge in [-0.15, -0.1) is 0 Å². The van der Waals surface area contributed by atoms with Crippen LogP contribution < -0.4 is 0 Å². The van der Waals surface area contributed by atoms with Crippen molar-refractivity contribution in [1.29, 1.82) is 0 Å². The summed E-state index contributed by atoms with van der Waals surface area (Å²) < 4.78 is 5.85. The first-order valence-electron chi connectivity index (χ1n) is 7.36. The minimum absolute atomic E-state index is 0.136. The summed E-state index contributed by atoms with van der Waals surface area (Å²) >= 11 is 0. The Kier molecular flexibility index (Phi) is 3.32. The molecule has 3 rings (SSSR count). The van der Waals surface area contributed by atoms with E-state index < -0.39 is 0 Å². The van der Waals surface area contributed by atoms with Gasteiger partial charge < -0.3 is 4.74 Å². The molecule has 0 fully saturated rings. The molecule has 0 amide bonds. The van der Waals surface area contributed by atoms with Gasteiger partial charge in [0.25, 0.3) is 0 Å². The van der Waals surface area contributed by atoms with E-state index in [2.05, 4.69) is 64.1 Å². The number of aliphatic imine (C=N–C) groups is 1. The standard InChI is InChI=1S/C19H21NO/c1-13-8-7-9-14(2)17(13)15-10-5-6-11-16(15)18-20-19(3,4)12-21-18/h5-11H,12H2,1-4H3. The summed E-state index contributed by atoms with van der Waals surface area (Å²) in [5.41, 5.74) is 5.98. The molecule has 0 saturated heterocycles.